The van der Waals surface area contributed by atoms with E-state index in [0.717, 1.165) is 55.9 Å². The zero-order valence-electron chi connectivity index (χ0n) is 18.9. The van der Waals surface area contributed by atoms with Crippen LogP contribution in [0.5, 0.6) is 5.75 Å². The molecule has 6 heteroatoms. The molecule has 1 aliphatic rings. The van der Waals surface area contributed by atoms with Crippen molar-refractivity contribution < 1.29 is 19.0 Å². The summed E-state index contributed by atoms with van der Waals surface area (Å²) in [7, 11) is 1.62. The lowest BCUT2D eigenvalue weighted by Gasteiger charge is -2.36. The highest BCUT2D eigenvalue weighted by molar-refractivity contribution is 7.99. The van der Waals surface area contributed by atoms with Crippen LogP contribution < -0.4 is 9.04 Å². The van der Waals surface area contributed by atoms with E-state index in [4.69, 9.17) is 4.74 Å². The number of aliphatic carboxylic acids is 1. The molecule has 166 valence electrons. The molecule has 0 saturated heterocycles. The number of fused-ring (bicyclic) bond motifs is 3. The van der Waals surface area contributed by atoms with Gasteiger partial charge in [0.25, 0.3) is 0 Å². The number of rotatable bonds is 5. The fraction of sp³-hybridized carbons (Fsp3) is 0.269. The van der Waals surface area contributed by atoms with Crippen LogP contribution >= 0.6 is 11.9 Å². The Kier molecular flexibility index (Phi) is 5.91. The third-order valence-electron chi connectivity index (χ3n) is 6.26. The summed E-state index contributed by atoms with van der Waals surface area (Å²) in [6.45, 7) is 6.48. The molecule has 0 radical (unpaired) electrons. The minimum atomic E-state index is -0.891. The highest BCUT2D eigenvalue weighted by Gasteiger charge is 2.32. The highest BCUT2D eigenvalue weighted by atomic mass is 32.2. The van der Waals surface area contributed by atoms with Gasteiger partial charge in [0.15, 0.2) is 0 Å². The summed E-state index contributed by atoms with van der Waals surface area (Å²) in [5.41, 5.74) is 8.59. The number of nitrogens with zero attached hydrogens (tertiary/aromatic N) is 1. The van der Waals surface area contributed by atoms with Gasteiger partial charge in [-0.15, -0.1) is 0 Å². The van der Waals surface area contributed by atoms with Crippen molar-refractivity contribution in [3.8, 4) is 28.0 Å². The summed E-state index contributed by atoms with van der Waals surface area (Å²) in [6, 6.07) is 11.0. The van der Waals surface area contributed by atoms with E-state index in [2.05, 4.69) is 4.31 Å². The molecule has 0 aliphatic carbocycles. The number of halogens is 1. The smallest absolute Gasteiger partial charge is 0.307 e. The predicted molar refractivity (Wildman–Crippen MR) is 129 cm³/mol. The van der Waals surface area contributed by atoms with Crippen molar-refractivity contribution >= 4 is 23.6 Å². The summed E-state index contributed by atoms with van der Waals surface area (Å²) in [5, 5.41) is 9.74. The van der Waals surface area contributed by atoms with E-state index in [1.165, 1.54) is 6.07 Å². The number of methoxy groups -OCH3 is 1. The molecule has 0 unspecified atom stereocenters. The number of carbonyl (C=O) groups is 1. The molecule has 0 saturated carbocycles. The molecule has 0 spiro atoms. The SMILES string of the molecule is COc1ccc(-c2c(C)c3c(c(C)c2CC(=O)O)N(SC)Cc2cccc(F)c2-3)c(C)c1. The summed E-state index contributed by atoms with van der Waals surface area (Å²) >= 11 is 1.57. The lowest BCUT2D eigenvalue weighted by Crippen LogP contribution is -2.23. The number of ether oxygens (including phenoxy) is 1. The van der Waals surface area contributed by atoms with Gasteiger partial charge in [-0.05, 0) is 77.9 Å². The molecular weight excluding hydrogens is 425 g/mol. The summed E-state index contributed by atoms with van der Waals surface area (Å²) in [5.74, 6) is -0.406. The van der Waals surface area contributed by atoms with Crippen LogP contribution in [0.2, 0.25) is 0 Å². The van der Waals surface area contributed by atoms with E-state index >= 15 is 4.39 Å². The molecule has 1 heterocycles. The first-order chi connectivity index (χ1) is 15.3. The maximum Gasteiger partial charge on any atom is 0.307 e. The van der Waals surface area contributed by atoms with Gasteiger partial charge in [0.05, 0.1) is 25.8 Å². The standard InChI is InChI=1S/C26H26FNO3S/c1-14-11-18(31-4)9-10-19(14)23-16(3)24-25-17(7-6-8-21(25)27)13-28(32-5)26(24)15(2)20(23)12-22(29)30/h6-11H,12-13H2,1-5H3,(H,29,30). The van der Waals surface area contributed by atoms with Crippen molar-refractivity contribution in [1.82, 2.24) is 0 Å². The van der Waals surface area contributed by atoms with Crippen LogP contribution in [-0.2, 0) is 17.8 Å². The van der Waals surface area contributed by atoms with Crippen molar-refractivity contribution in [3.05, 3.63) is 70.0 Å². The second-order valence-electron chi connectivity index (χ2n) is 8.07. The monoisotopic (exact) mass is 451 g/mol. The Morgan fingerprint density at radius 1 is 1.12 bits per heavy atom. The average molecular weight is 452 g/mol. The first-order valence-electron chi connectivity index (χ1n) is 10.4. The van der Waals surface area contributed by atoms with Crippen LogP contribution in [0, 0.1) is 26.6 Å². The quantitative estimate of drug-likeness (QED) is 0.460. The van der Waals surface area contributed by atoms with Crippen molar-refractivity contribution in [3.63, 3.8) is 0 Å². The van der Waals surface area contributed by atoms with Gasteiger partial charge < -0.3 is 14.1 Å². The van der Waals surface area contributed by atoms with Crippen molar-refractivity contribution in [2.75, 3.05) is 17.7 Å². The van der Waals surface area contributed by atoms with Gasteiger partial charge >= 0.3 is 5.97 Å². The molecule has 32 heavy (non-hydrogen) atoms. The molecule has 3 aromatic rings. The number of carboxylic acids is 1. The minimum absolute atomic E-state index is 0.104. The van der Waals surface area contributed by atoms with Crippen LogP contribution in [0.3, 0.4) is 0 Å². The van der Waals surface area contributed by atoms with Crippen molar-refractivity contribution in [1.29, 1.82) is 0 Å². The number of anilines is 1. The lowest BCUT2D eigenvalue weighted by molar-refractivity contribution is -0.136. The molecule has 0 bridgehead atoms. The molecule has 4 nitrogen and oxygen atoms in total. The number of carboxylic acid groups (broad SMARTS) is 1. The lowest BCUT2D eigenvalue weighted by atomic mass is 9.80. The van der Waals surface area contributed by atoms with Crippen LogP contribution in [0.1, 0.15) is 27.8 Å². The highest BCUT2D eigenvalue weighted by Crippen LogP contribution is 2.51. The van der Waals surface area contributed by atoms with Gasteiger partial charge in [-0.1, -0.05) is 30.1 Å². The molecule has 1 aliphatic heterocycles. The first-order valence-corrected chi connectivity index (χ1v) is 11.6. The third kappa shape index (κ3) is 3.52. The van der Waals surface area contributed by atoms with Gasteiger partial charge in [0, 0.05) is 17.4 Å². The number of aryl methyl sites for hydroxylation is 1. The van der Waals surface area contributed by atoms with Crippen LogP contribution in [0.25, 0.3) is 22.3 Å². The second-order valence-corrected chi connectivity index (χ2v) is 8.88. The normalized spacial score (nSPS) is 12.4. The van der Waals surface area contributed by atoms with Gasteiger partial charge in [0.2, 0.25) is 0 Å². The van der Waals surface area contributed by atoms with Crippen LogP contribution in [0.4, 0.5) is 10.1 Å². The maximum absolute atomic E-state index is 15.2. The van der Waals surface area contributed by atoms with Gasteiger partial charge in [-0.2, -0.15) is 0 Å². The molecule has 4 rings (SSSR count). The molecule has 0 amide bonds. The van der Waals surface area contributed by atoms with E-state index in [-0.39, 0.29) is 12.2 Å². The van der Waals surface area contributed by atoms with E-state index in [1.54, 1.807) is 25.1 Å². The van der Waals surface area contributed by atoms with E-state index < -0.39 is 5.97 Å². The van der Waals surface area contributed by atoms with Crippen molar-refractivity contribution in [2.45, 2.75) is 33.7 Å². The van der Waals surface area contributed by atoms with Gasteiger partial charge in [-0.25, -0.2) is 4.39 Å². The van der Waals surface area contributed by atoms with Gasteiger partial charge in [0.1, 0.15) is 11.6 Å². The minimum Gasteiger partial charge on any atom is -0.497 e. The van der Waals surface area contributed by atoms with Crippen LogP contribution in [-0.4, -0.2) is 24.4 Å². The Labute approximate surface area is 192 Å². The van der Waals surface area contributed by atoms with E-state index in [0.29, 0.717) is 12.1 Å². The number of hydrogen-bond donors (Lipinski definition) is 1. The Balaban J connectivity index is 2.14. The molecule has 0 fully saturated rings. The zero-order valence-corrected chi connectivity index (χ0v) is 19.7. The summed E-state index contributed by atoms with van der Waals surface area (Å²) in [4.78, 5) is 11.9. The Bertz CT molecular complexity index is 1240. The average Bonchev–Trinajstić information content (AvgIpc) is 2.76. The maximum atomic E-state index is 15.2. The zero-order chi connectivity index (χ0) is 23.2. The molecule has 3 aromatic carbocycles. The summed E-state index contributed by atoms with van der Waals surface area (Å²) in [6.07, 6.45) is 1.88. The fourth-order valence-electron chi connectivity index (χ4n) is 4.82. The van der Waals surface area contributed by atoms with Crippen molar-refractivity contribution in [2.24, 2.45) is 0 Å². The third-order valence-corrected chi connectivity index (χ3v) is 7.01. The fourth-order valence-corrected chi connectivity index (χ4v) is 5.49. The summed E-state index contributed by atoms with van der Waals surface area (Å²) < 4.78 is 22.7. The Morgan fingerprint density at radius 2 is 1.88 bits per heavy atom. The first kappa shape index (κ1) is 22.2. The van der Waals surface area contributed by atoms with E-state index in [1.807, 2.05) is 51.3 Å². The molecule has 1 N–H and O–H groups in total. The topological polar surface area (TPSA) is 49.8 Å². The Morgan fingerprint density at radius 3 is 2.50 bits per heavy atom. The molecular formula is C26H26FNO3S. The largest absolute Gasteiger partial charge is 0.497 e. The van der Waals surface area contributed by atoms with E-state index in [9.17, 15) is 9.90 Å². The number of hydrogen-bond acceptors (Lipinski definition) is 4. The van der Waals surface area contributed by atoms with Gasteiger partial charge in [-0.3, -0.25) is 4.79 Å². The predicted octanol–water partition coefficient (Wildman–Crippen LogP) is 6.32. The molecule has 0 aromatic heterocycles. The Hall–Kier alpha value is -2.99. The molecule has 0 atom stereocenters. The van der Waals surface area contributed by atoms with Crippen LogP contribution in [0.15, 0.2) is 36.4 Å². The second kappa shape index (κ2) is 8.51. The number of benzene rings is 3.